The smallest absolute Gasteiger partial charge is 0.262 e. The summed E-state index contributed by atoms with van der Waals surface area (Å²) in [5, 5.41) is 4.64. The molecule has 0 bridgehead atoms. The second-order valence-electron chi connectivity index (χ2n) is 5.81. The predicted molar refractivity (Wildman–Crippen MR) is 95.3 cm³/mol. The minimum Gasteiger partial charge on any atom is -0.269 e. The Kier molecular flexibility index (Phi) is 3.54. The maximum atomic E-state index is 12.4. The Bertz CT molecular complexity index is 988. The molecule has 122 valence electrons. The second-order valence-corrected chi connectivity index (χ2v) is 5.81. The molecule has 4 rings (SSSR count). The highest BCUT2D eigenvalue weighted by Crippen LogP contribution is 2.30. The van der Waals surface area contributed by atoms with Gasteiger partial charge < -0.3 is 0 Å². The van der Waals surface area contributed by atoms with Crippen molar-refractivity contribution in [2.45, 2.75) is 6.92 Å². The first-order chi connectivity index (χ1) is 12.1. The van der Waals surface area contributed by atoms with E-state index >= 15 is 0 Å². The van der Waals surface area contributed by atoms with Crippen molar-refractivity contribution in [2.75, 3.05) is 4.90 Å². The summed E-state index contributed by atoms with van der Waals surface area (Å²) in [6.45, 7) is 1.64. The van der Waals surface area contributed by atoms with Crippen LogP contribution in [0.25, 0.3) is 16.9 Å². The maximum Gasteiger partial charge on any atom is 0.262 e. The molecule has 2 amide bonds. The summed E-state index contributed by atoms with van der Waals surface area (Å²) in [6.07, 6.45) is 1.35. The molecule has 5 nitrogen and oxygen atoms in total. The van der Waals surface area contributed by atoms with Crippen LogP contribution >= 0.6 is 0 Å². The highest BCUT2D eigenvalue weighted by molar-refractivity contribution is 6.30. The summed E-state index contributed by atoms with van der Waals surface area (Å²) < 4.78 is 1.63. The van der Waals surface area contributed by atoms with E-state index in [1.54, 1.807) is 17.7 Å². The summed E-state index contributed by atoms with van der Waals surface area (Å²) in [7, 11) is 0. The lowest BCUT2D eigenvalue weighted by molar-refractivity contribution is -0.120. The number of nitrogens with zero attached hydrogens (tertiary/aromatic N) is 3. The van der Waals surface area contributed by atoms with E-state index in [1.165, 1.54) is 11.0 Å². The molecule has 1 aromatic heterocycles. The standard InChI is InChI=1S/C20H15N3O2/c1-14-12-19(24)22(20(14)25)18-13-17(15-8-4-2-5-9-15)21-23(18)16-10-6-3-7-11-16/h2-13H,1H3. The molecule has 0 atom stereocenters. The molecule has 2 heterocycles. The first-order valence-corrected chi connectivity index (χ1v) is 7.93. The average Bonchev–Trinajstić information content (AvgIpc) is 3.18. The van der Waals surface area contributed by atoms with Crippen LogP contribution in [0, 0.1) is 0 Å². The molecule has 2 aromatic carbocycles. The van der Waals surface area contributed by atoms with Gasteiger partial charge in [0.15, 0.2) is 0 Å². The van der Waals surface area contributed by atoms with Gasteiger partial charge in [-0.3, -0.25) is 9.59 Å². The summed E-state index contributed by atoms with van der Waals surface area (Å²) in [5.41, 5.74) is 2.82. The largest absolute Gasteiger partial charge is 0.269 e. The second kappa shape index (κ2) is 5.87. The lowest BCUT2D eigenvalue weighted by atomic mass is 10.1. The van der Waals surface area contributed by atoms with Crippen molar-refractivity contribution in [3.8, 4) is 16.9 Å². The molecule has 0 fully saturated rings. The van der Waals surface area contributed by atoms with Crippen molar-refractivity contribution in [1.82, 2.24) is 9.78 Å². The van der Waals surface area contributed by atoms with E-state index in [0.29, 0.717) is 17.1 Å². The monoisotopic (exact) mass is 329 g/mol. The fourth-order valence-corrected chi connectivity index (χ4v) is 2.84. The van der Waals surface area contributed by atoms with Gasteiger partial charge >= 0.3 is 0 Å². The summed E-state index contributed by atoms with van der Waals surface area (Å²) in [6, 6.07) is 20.9. The summed E-state index contributed by atoms with van der Waals surface area (Å²) in [5.74, 6) is -0.228. The molecule has 0 saturated carbocycles. The van der Waals surface area contributed by atoms with Crippen LogP contribution in [-0.4, -0.2) is 21.6 Å². The number of rotatable bonds is 3. The number of aromatic nitrogens is 2. The Hall–Kier alpha value is -3.47. The summed E-state index contributed by atoms with van der Waals surface area (Å²) in [4.78, 5) is 25.9. The molecule has 5 heteroatoms. The zero-order chi connectivity index (χ0) is 17.4. The van der Waals surface area contributed by atoms with E-state index in [-0.39, 0.29) is 11.8 Å². The van der Waals surface area contributed by atoms with E-state index in [4.69, 9.17) is 0 Å². The molecule has 0 saturated heterocycles. The van der Waals surface area contributed by atoms with Crippen LogP contribution in [0.5, 0.6) is 0 Å². The van der Waals surface area contributed by atoms with Gasteiger partial charge in [-0.2, -0.15) is 5.10 Å². The SMILES string of the molecule is CC1=CC(=O)N(c2cc(-c3ccccc3)nn2-c2ccccc2)C1=O. The van der Waals surface area contributed by atoms with Crippen LogP contribution in [-0.2, 0) is 9.59 Å². The number of carbonyl (C=O) groups is 2. The third-order valence-electron chi connectivity index (χ3n) is 4.09. The van der Waals surface area contributed by atoms with Crippen LogP contribution < -0.4 is 4.90 Å². The van der Waals surface area contributed by atoms with Crippen LogP contribution in [0.1, 0.15) is 6.92 Å². The number of imide groups is 1. The third-order valence-corrected chi connectivity index (χ3v) is 4.09. The lowest BCUT2D eigenvalue weighted by Crippen LogP contribution is -2.32. The van der Waals surface area contributed by atoms with Gasteiger partial charge in [-0.15, -0.1) is 0 Å². The number of amides is 2. The zero-order valence-corrected chi connectivity index (χ0v) is 13.6. The van der Waals surface area contributed by atoms with Crippen LogP contribution in [0.15, 0.2) is 78.4 Å². The third kappa shape index (κ3) is 2.55. The minimum absolute atomic E-state index is 0.318. The van der Waals surface area contributed by atoms with E-state index in [2.05, 4.69) is 5.10 Å². The zero-order valence-electron chi connectivity index (χ0n) is 13.6. The topological polar surface area (TPSA) is 55.2 Å². The molecule has 0 spiro atoms. The minimum atomic E-state index is -0.348. The number of hydrogen-bond donors (Lipinski definition) is 0. The van der Waals surface area contributed by atoms with Gasteiger partial charge in [0.25, 0.3) is 11.8 Å². The van der Waals surface area contributed by atoms with E-state index in [9.17, 15) is 9.59 Å². The molecule has 1 aliphatic rings. The van der Waals surface area contributed by atoms with E-state index in [1.807, 2.05) is 60.7 Å². The van der Waals surface area contributed by atoms with Crippen LogP contribution in [0.4, 0.5) is 5.82 Å². The Labute approximate surface area is 144 Å². The molecular formula is C20H15N3O2. The average molecular weight is 329 g/mol. The maximum absolute atomic E-state index is 12.4. The first kappa shape index (κ1) is 15.1. The van der Waals surface area contributed by atoms with Crippen LogP contribution in [0.3, 0.4) is 0 Å². The van der Waals surface area contributed by atoms with Crippen molar-refractivity contribution in [3.63, 3.8) is 0 Å². The number of carbonyl (C=O) groups excluding carboxylic acids is 2. The van der Waals surface area contributed by atoms with Gasteiger partial charge in [-0.05, 0) is 19.1 Å². The molecule has 25 heavy (non-hydrogen) atoms. The Morgan fingerprint density at radius 3 is 2.12 bits per heavy atom. The molecule has 0 unspecified atom stereocenters. The number of anilines is 1. The van der Waals surface area contributed by atoms with Gasteiger partial charge in [0, 0.05) is 23.3 Å². The molecule has 0 radical (unpaired) electrons. The Morgan fingerprint density at radius 2 is 1.52 bits per heavy atom. The molecule has 0 N–H and O–H groups in total. The fourth-order valence-electron chi connectivity index (χ4n) is 2.84. The molecule has 3 aromatic rings. The van der Waals surface area contributed by atoms with Crippen LogP contribution in [0.2, 0.25) is 0 Å². The van der Waals surface area contributed by atoms with Gasteiger partial charge in [0.05, 0.1) is 11.4 Å². The Morgan fingerprint density at radius 1 is 0.880 bits per heavy atom. The quantitative estimate of drug-likeness (QED) is 0.692. The van der Waals surface area contributed by atoms with Crippen molar-refractivity contribution in [1.29, 1.82) is 0 Å². The van der Waals surface area contributed by atoms with Crippen molar-refractivity contribution in [2.24, 2.45) is 0 Å². The van der Waals surface area contributed by atoms with Crippen molar-refractivity contribution >= 4 is 17.6 Å². The first-order valence-electron chi connectivity index (χ1n) is 7.93. The highest BCUT2D eigenvalue weighted by Gasteiger charge is 2.33. The number of para-hydroxylation sites is 1. The highest BCUT2D eigenvalue weighted by atomic mass is 16.2. The van der Waals surface area contributed by atoms with Gasteiger partial charge in [-0.25, -0.2) is 9.58 Å². The Balaban J connectivity index is 1.89. The number of hydrogen-bond acceptors (Lipinski definition) is 3. The summed E-state index contributed by atoms with van der Waals surface area (Å²) >= 11 is 0. The van der Waals surface area contributed by atoms with E-state index in [0.717, 1.165) is 11.3 Å². The van der Waals surface area contributed by atoms with E-state index < -0.39 is 0 Å². The normalized spacial score (nSPS) is 14.1. The molecular weight excluding hydrogens is 314 g/mol. The van der Waals surface area contributed by atoms with Crippen molar-refractivity contribution in [3.05, 3.63) is 78.4 Å². The fraction of sp³-hybridized carbons (Fsp3) is 0.0500. The molecule has 0 aliphatic carbocycles. The molecule has 1 aliphatic heterocycles. The number of benzene rings is 2. The lowest BCUT2D eigenvalue weighted by Gasteiger charge is -2.15. The van der Waals surface area contributed by atoms with Gasteiger partial charge in [-0.1, -0.05) is 48.5 Å². The predicted octanol–water partition coefficient (Wildman–Crippen LogP) is 3.36. The van der Waals surface area contributed by atoms with Gasteiger partial charge in [0.2, 0.25) is 0 Å². The van der Waals surface area contributed by atoms with Crippen molar-refractivity contribution < 1.29 is 9.59 Å². The van der Waals surface area contributed by atoms with Gasteiger partial charge in [0.1, 0.15) is 5.82 Å².